The van der Waals surface area contributed by atoms with E-state index in [0.29, 0.717) is 34.8 Å². The number of carbonyl (C=O) groups excluding carboxylic acids is 4. The Balaban J connectivity index is 1.35. The smallest absolute Gasteiger partial charge is 0.304 e. The maximum atomic E-state index is 14.1. The van der Waals surface area contributed by atoms with E-state index < -0.39 is 29.6 Å². The quantitative estimate of drug-likeness (QED) is 0.164. The fourth-order valence-corrected chi connectivity index (χ4v) is 6.04. The number of methoxy groups -OCH3 is 1. The van der Waals surface area contributed by atoms with Gasteiger partial charge in [0.1, 0.15) is 5.75 Å². The normalized spacial score (nSPS) is 19.4. The number of aliphatic hydroxyl groups is 2. The van der Waals surface area contributed by atoms with Crippen molar-refractivity contribution in [2.75, 3.05) is 30.1 Å². The zero-order valence-electron chi connectivity index (χ0n) is 26.7. The molecule has 1 unspecified atom stereocenters. The first-order valence-electron chi connectivity index (χ1n) is 15.5. The number of ether oxygens (including phenoxy) is 2. The molecule has 3 aromatic carbocycles. The predicted molar refractivity (Wildman–Crippen MR) is 174 cm³/mol. The fraction of sp³-hybridized carbons (Fsp3) is 0.333. The number of nitrogens with zero attached hydrogens (tertiary/aromatic N) is 3. The van der Waals surface area contributed by atoms with Crippen LogP contribution in [0.5, 0.6) is 5.75 Å². The highest BCUT2D eigenvalue weighted by atomic mass is 16.6. The van der Waals surface area contributed by atoms with E-state index >= 15 is 0 Å². The monoisotopic (exact) mass is 641 g/mol. The van der Waals surface area contributed by atoms with Gasteiger partial charge in [-0.15, -0.1) is 0 Å². The van der Waals surface area contributed by atoms with Gasteiger partial charge < -0.3 is 29.5 Å². The number of rotatable bonds is 13. The highest BCUT2D eigenvalue weighted by Gasteiger charge is 2.52. The summed E-state index contributed by atoms with van der Waals surface area (Å²) in [6, 6.07) is 21.6. The molecule has 0 radical (unpaired) electrons. The fourth-order valence-electron chi connectivity index (χ4n) is 6.04. The van der Waals surface area contributed by atoms with E-state index in [-0.39, 0.29) is 44.4 Å². The summed E-state index contributed by atoms with van der Waals surface area (Å²) >= 11 is 0. The van der Waals surface area contributed by atoms with E-state index in [4.69, 9.17) is 9.47 Å². The van der Waals surface area contributed by atoms with Gasteiger partial charge in [0.2, 0.25) is 11.8 Å². The number of β-lactam (4-membered cyclic amide) rings is 1. The maximum Gasteiger partial charge on any atom is 0.304 e. The number of hydrogen-bond acceptors (Lipinski definition) is 8. The van der Waals surface area contributed by atoms with E-state index in [1.807, 2.05) is 36.4 Å². The molecule has 5 rings (SSSR count). The molecule has 246 valence electrons. The van der Waals surface area contributed by atoms with Gasteiger partial charge in [0.15, 0.2) is 11.8 Å². The zero-order valence-corrected chi connectivity index (χ0v) is 26.7. The molecular formula is C36H39N3O8. The van der Waals surface area contributed by atoms with Crippen molar-refractivity contribution in [2.45, 2.75) is 51.6 Å². The molecular weight excluding hydrogens is 602 g/mol. The number of hydrogen-bond donors (Lipinski definition) is 2. The molecule has 3 amide bonds. The largest absolute Gasteiger partial charge is 0.497 e. The molecule has 0 aromatic heterocycles. The van der Waals surface area contributed by atoms with Gasteiger partial charge in [-0.25, -0.2) is 0 Å². The molecule has 1 saturated heterocycles. The van der Waals surface area contributed by atoms with Gasteiger partial charge in [0.05, 0.1) is 32.4 Å². The van der Waals surface area contributed by atoms with Gasteiger partial charge in [0.25, 0.3) is 5.91 Å². The minimum absolute atomic E-state index is 0.0203. The Labute approximate surface area is 273 Å². The van der Waals surface area contributed by atoms with Crippen LogP contribution in [0.2, 0.25) is 0 Å². The van der Waals surface area contributed by atoms with E-state index in [9.17, 15) is 29.4 Å². The van der Waals surface area contributed by atoms with Crippen LogP contribution in [0, 0.1) is 5.92 Å². The van der Waals surface area contributed by atoms with Gasteiger partial charge in [-0.1, -0.05) is 61.5 Å². The van der Waals surface area contributed by atoms with Crippen LogP contribution in [0.25, 0.3) is 0 Å². The second-order valence-corrected chi connectivity index (χ2v) is 11.7. The van der Waals surface area contributed by atoms with Crippen LogP contribution in [0.4, 0.5) is 11.4 Å². The van der Waals surface area contributed by atoms with Crippen molar-refractivity contribution in [3.63, 3.8) is 0 Å². The number of amides is 3. The number of benzene rings is 3. The highest BCUT2D eigenvalue weighted by molar-refractivity contribution is 6.07. The molecule has 11 heteroatoms. The zero-order chi connectivity index (χ0) is 33.7. The summed E-state index contributed by atoms with van der Waals surface area (Å²) in [5, 5.41) is 21.6. The highest BCUT2D eigenvalue weighted by Crippen LogP contribution is 2.47. The molecule has 3 aromatic rings. The third-order valence-corrected chi connectivity index (χ3v) is 8.53. The molecule has 2 aliphatic heterocycles. The van der Waals surface area contributed by atoms with E-state index in [1.54, 1.807) is 60.4 Å². The number of aliphatic hydroxyl groups excluding tert-OH is 1. The van der Waals surface area contributed by atoms with E-state index in [2.05, 4.69) is 0 Å². The van der Waals surface area contributed by atoms with E-state index in [0.717, 1.165) is 5.56 Å². The summed E-state index contributed by atoms with van der Waals surface area (Å²) in [5.74, 6) is -1.67. The van der Waals surface area contributed by atoms with Gasteiger partial charge in [0, 0.05) is 43.6 Å². The number of anilines is 2. The average molecular weight is 642 g/mol. The van der Waals surface area contributed by atoms with Gasteiger partial charge >= 0.3 is 5.97 Å². The van der Waals surface area contributed by atoms with Crippen molar-refractivity contribution in [2.24, 2.45) is 5.92 Å². The SMILES string of the molecule is COc1ccc2c(c1)[C@](O)([C@@H](C)/C=C/CC(=O)N(CCO)Cc1ccccc1)C(=O)N2Cc1cccc(N2C(=O)CC2OC(C)=O)c1. The van der Waals surface area contributed by atoms with Gasteiger partial charge in [-0.3, -0.25) is 24.1 Å². The second kappa shape index (κ2) is 14.2. The molecule has 47 heavy (non-hydrogen) atoms. The van der Waals surface area contributed by atoms with Crippen LogP contribution in [-0.2, 0) is 42.6 Å². The Morgan fingerprint density at radius 2 is 1.81 bits per heavy atom. The summed E-state index contributed by atoms with van der Waals surface area (Å²) in [5.41, 5.74) is 1.10. The van der Waals surface area contributed by atoms with Crippen molar-refractivity contribution in [3.8, 4) is 5.75 Å². The number of fused-ring (bicyclic) bond motifs is 1. The first-order chi connectivity index (χ1) is 22.6. The van der Waals surface area contributed by atoms with Crippen molar-refractivity contribution < 1.29 is 38.9 Å². The molecule has 2 N–H and O–H groups in total. The third-order valence-electron chi connectivity index (χ3n) is 8.53. The van der Waals surface area contributed by atoms with Crippen molar-refractivity contribution >= 4 is 35.1 Å². The molecule has 2 heterocycles. The first kappa shape index (κ1) is 33.4. The number of esters is 1. The van der Waals surface area contributed by atoms with Crippen molar-refractivity contribution in [3.05, 3.63) is 102 Å². The minimum Gasteiger partial charge on any atom is -0.497 e. The minimum atomic E-state index is -1.95. The summed E-state index contributed by atoms with van der Waals surface area (Å²) in [4.78, 5) is 55.5. The third kappa shape index (κ3) is 6.91. The maximum absolute atomic E-state index is 14.1. The Kier molecular flexibility index (Phi) is 10.1. The average Bonchev–Trinajstić information content (AvgIpc) is 3.26. The Hall–Kier alpha value is -5.00. The van der Waals surface area contributed by atoms with Crippen molar-refractivity contribution in [1.29, 1.82) is 0 Å². The molecule has 1 fully saturated rings. The van der Waals surface area contributed by atoms with E-state index in [1.165, 1.54) is 23.8 Å². The van der Waals surface area contributed by atoms with Crippen molar-refractivity contribution in [1.82, 2.24) is 4.90 Å². The summed E-state index contributed by atoms with van der Waals surface area (Å²) < 4.78 is 10.7. The Morgan fingerprint density at radius 3 is 2.49 bits per heavy atom. The predicted octanol–water partition coefficient (Wildman–Crippen LogP) is 3.66. The lowest BCUT2D eigenvalue weighted by Crippen LogP contribution is -2.54. The van der Waals surface area contributed by atoms with Crippen LogP contribution < -0.4 is 14.5 Å². The lowest BCUT2D eigenvalue weighted by Gasteiger charge is -2.39. The second-order valence-electron chi connectivity index (χ2n) is 11.7. The topological polar surface area (TPSA) is 137 Å². The number of carbonyl (C=O) groups is 4. The lowest BCUT2D eigenvalue weighted by molar-refractivity contribution is -0.154. The van der Waals surface area contributed by atoms with Gasteiger partial charge in [-0.2, -0.15) is 0 Å². The lowest BCUT2D eigenvalue weighted by atomic mass is 9.83. The van der Waals surface area contributed by atoms with Crippen LogP contribution >= 0.6 is 0 Å². The summed E-state index contributed by atoms with van der Waals surface area (Å²) in [6.07, 6.45) is 2.74. The summed E-state index contributed by atoms with van der Waals surface area (Å²) in [7, 11) is 1.50. The van der Waals surface area contributed by atoms with Crippen LogP contribution in [0.15, 0.2) is 84.9 Å². The van der Waals surface area contributed by atoms with Crippen LogP contribution in [0.1, 0.15) is 43.4 Å². The molecule has 11 nitrogen and oxygen atoms in total. The van der Waals surface area contributed by atoms with Crippen LogP contribution in [0.3, 0.4) is 0 Å². The molecule has 0 spiro atoms. The standard InChI is InChI=1S/C36H39N3O8/c1-24(9-7-14-32(42)37(17-18-40)22-26-10-5-4-6-11-26)36(45)30-20-29(46-3)15-16-31(30)38(35(36)44)23-27-12-8-13-28(19-27)39-33(43)21-34(39)47-25(2)41/h4-13,15-16,19-20,24,34,40,45H,14,17-18,21-23H2,1-3H3/b9-7+/t24-,34?,36+/m0/s1. The molecule has 0 aliphatic carbocycles. The Morgan fingerprint density at radius 1 is 1.06 bits per heavy atom. The molecule has 3 atom stereocenters. The summed E-state index contributed by atoms with van der Waals surface area (Å²) in [6.45, 7) is 3.46. The molecule has 0 saturated carbocycles. The first-order valence-corrected chi connectivity index (χ1v) is 15.5. The van der Waals surface area contributed by atoms with Gasteiger partial charge in [-0.05, 0) is 41.5 Å². The van der Waals surface area contributed by atoms with Crippen LogP contribution in [-0.4, -0.2) is 65.3 Å². The molecule has 2 aliphatic rings. The Bertz CT molecular complexity index is 1680. The molecule has 0 bridgehead atoms.